The highest BCUT2D eigenvalue weighted by Gasteiger charge is 2.11. The number of anilines is 2. The molecule has 0 aliphatic carbocycles. The van der Waals surface area contributed by atoms with Crippen LogP contribution in [0.4, 0.5) is 11.4 Å². The third-order valence-corrected chi connectivity index (χ3v) is 5.23. The van der Waals surface area contributed by atoms with Crippen molar-refractivity contribution in [3.05, 3.63) is 86.8 Å². The zero-order chi connectivity index (χ0) is 21.5. The number of carbonyl (C=O) groups is 2. The molecule has 3 rings (SSSR count). The lowest BCUT2D eigenvalue weighted by molar-refractivity contribution is -0.118. The van der Waals surface area contributed by atoms with Crippen LogP contribution in [0.15, 0.2) is 75.7 Å². The summed E-state index contributed by atoms with van der Waals surface area (Å²) in [4.78, 5) is 24.5. The van der Waals surface area contributed by atoms with E-state index in [1.807, 2.05) is 49.4 Å². The van der Waals surface area contributed by atoms with Crippen LogP contribution in [0.25, 0.3) is 0 Å². The first kappa shape index (κ1) is 22.1. The minimum Gasteiger partial charge on any atom is -0.482 e. The molecule has 0 spiro atoms. The number of nitrogens with one attached hydrogen (secondary N) is 2. The summed E-state index contributed by atoms with van der Waals surface area (Å²) in [6, 6.07) is 20.3. The Bertz CT molecular complexity index is 1030. The van der Waals surface area contributed by atoms with Crippen LogP contribution in [0.2, 0.25) is 0 Å². The summed E-state index contributed by atoms with van der Waals surface area (Å²) >= 11 is 6.86. The number of rotatable bonds is 7. The quantitative estimate of drug-likeness (QED) is 0.410. The van der Waals surface area contributed by atoms with Crippen LogP contribution in [-0.4, -0.2) is 18.4 Å². The van der Waals surface area contributed by atoms with Crippen molar-refractivity contribution in [2.75, 3.05) is 17.2 Å². The number of halogens is 2. The third-order valence-electron chi connectivity index (χ3n) is 4.18. The Morgan fingerprint density at radius 3 is 2.20 bits per heavy atom. The monoisotopic (exact) mass is 530 g/mol. The molecule has 0 atom stereocenters. The number of hydrogen-bond donors (Lipinski definition) is 2. The maximum Gasteiger partial charge on any atom is 0.262 e. The average molecular weight is 532 g/mol. The van der Waals surface area contributed by atoms with Gasteiger partial charge in [0.05, 0.1) is 10.9 Å². The minimum atomic E-state index is -0.294. The normalized spacial score (nSPS) is 10.4. The second-order valence-electron chi connectivity index (χ2n) is 6.66. The highest BCUT2D eigenvalue weighted by atomic mass is 79.9. The van der Waals surface area contributed by atoms with Crippen LogP contribution in [0.5, 0.6) is 5.75 Å². The summed E-state index contributed by atoms with van der Waals surface area (Å²) in [5, 5.41) is 5.64. The molecule has 154 valence electrons. The largest absolute Gasteiger partial charge is 0.482 e. The highest BCUT2D eigenvalue weighted by Crippen LogP contribution is 2.32. The maximum absolute atomic E-state index is 12.3. The topological polar surface area (TPSA) is 67.4 Å². The van der Waals surface area contributed by atoms with E-state index in [1.165, 1.54) is 0 Å². The Morgan fingerprint density at radius 1 is 0.867 bits per heavy atom. The molecule has 7 heteroatoms. The van der Waals surface area contributed by atoms with Gasteiger partial charge in [0.2, 0.25) is 5.91 Å². The first-order valence-corrected chi connectivity index (χ1v) is 10.8. The van der Waals surface area contributed by atoms with Gasteiger partial charge in [-0.2, -0.15) is 0 Å². The zero-order valence-corrected chi connectivity index (χ0v) is 19.4. The lowest BCUT2D eigenvalue weighted by Crippen LogP contribution is -2.21. The van der Waals surface area contributed by atoms with Crippen molar-refractivity contribution in [3.8, 4) is 5.75 Å². The van der Waals surface area contributed by atoms with Crippen molar-refractivity contribution >= 4 is 55.0 Å². The maximum atomic E-state index is 12.3. The van der Waals surface area contributed by atoms with E-state index in [4.69, 9.17) is 4.74 Å². The van der Waals surface area contributed by atoms with Gasteiger partial charge in [-0.15, -0.1) is 0 Å². The number of ether oxygens (including phenoxy) is 1. The molecule has 30 heavy (non-hydrogen) atoms. The van der Waals surface area contributed by atoms with E-state index in [2.05, 4.69) is 42.5 Å². The fraction of sp³-hybridized carbons (Fsp3) is 0.130. The Labute approximate surface area is 192 Å². The SMILES string of the molecule is Cc1cc(Br)cc(Br)c1OCC(=O)Nc1cccc(NC(=O)Cc2ccccc2)c1. The van der Waals surface area contributed by atoms with Gasteiger partial charge in [0.25, 0.3) is 5.91 Å². The van der Waals surface area contributed by atoms with Gasteiger partial charge < -0.3 is 15.4 Å². The van der Waals surface area contributed by atoms with E-state index < -0.39 is 0 Å². The van der Waals surface area contributed by atoms with E-state index in [0.717, 1.165) is 20.1 Å². The molecule has 0 bridgehead atoms. The van der Waals surface area contributed by atoms with Crippen molar-refractivity contribution in [3.63, 3.8) is 0 Å². The van der Waals surface area contributed by atoms with Crippen molar-refractivity contribution in [2.24, 2.45) is 0 Å². The number of benzene rings is 3. The molecular formula is C23H20Br2N2O3. The number of hydrogen-bond acceptors (Lipinski definition) is 3. The van der Waals surface area contributed by atoms with Crippen molar-refractivity contribution in [1.29, 1.82) is 0 Å². The van der Waals surface area contributed by atoms with Gasteiger partial charge in [-0.1, -0.05) is 52.3 Å². The predicted octanol–water partition coefficient (Wildman–Crippen LogP) is 5.72. The second-order valence-corrected chi connectivity index (χ2v) is 8.43. The smallest absolute Gasteiger partial charge is 0.262 e. The Balaban J connectivity index is 1.55. The molecule has 3 aromatic rings. The molecule has 0 saturated carbocycles. The van der Waals surface area contributed by atoms with Gasteiger partial charge >= 0.3 is 0 Å². The van der Waals surface area contributed by atoms with E-state index in [-0.39, 0.29) is 24.8 Å². The summed E-state index contributed by atoms with van der Waals surface area (Å²) in [7, 11) is 0. The molecule has 2 amide bonds. The lowest BCUT2D eigenvalue weighted by atomic mass is 10.1. The van der Waals surface area contributed by atoms with Gasteiger partial charge in [-0.05, 0) is 64.3 Å². The van der Waals surface area contributed by atoms with Gasteiger partial charge in [0, 0.05) is 15.8 Å². The summed E-state index contributed by atoms with van der Waals surface area (Å²) in [5.41, 5.74) is 3.03. The fourth-order valence-electron chi connectivity index (χ4n) is 2.87. The van der Waals surface area contributed by atoms with Crippen LogP contribution in [0.1, 0.15) is 11.1 Å². The molecule has 0 heterocycles. The number of carbonyl (C=O) groups excluding carboxylic acids is 2. The van der Waals surface area contributed by atoms with Crippen LogP contribution >= 0.6 is 31.9 Å². The fourth-order valence-corrected chi connectivity index (χ4v) is 4.42. The van der Waals surface area contributed by atoms with E-state index >= 15 is 0 Å². The first-order chi connectivity index (χ1) is 14.4. The standard InChI is InChI=1S/C23H20Br2N2O3/c1-15-10-17(24)12-20(25)23(15)30-14-22(29)27-19-9-5-8-18(13-19)26-21(28)11-16-6-3-2-4-7-16/h2-10,12-13H,11,14H2,1H3,(H,26,28)(H,27,29). The number of aryl methyl sites for hydroxylation is 1. The molecule has 0 fully saturated rings. The Kier molecular flexibility index (Phi) is 7.65. The Hall–Kier alpha value is -2.64. The van der Waals surface area contributed by atoms with Crippen LogP contribution < -0.4 is 15.4 Å². The highest BCUT2D eigenvalue weighted by molar-refractivity contribution is 9.11. The third kappa shape index (κ3) is 6.43. The summed E-state index contributed by atoms with van der Waals surface area (Å²) in [5.74, 6) is 0.204. The van der Waals surface area contributed by atoms with Gasteiger partial charge in [0.15, 0.2) is 6.61 Å². The Morgan fingerprint density at radius 2 is 1.53 bits per heavy atom. The number of amides is 2. The molecule has 0 unspecified atom stereocenters. The van der Waals surface area contributed by atoms with Crippen LogP contribution in [0, 0.1) is 6.92 Å². The molecule has 0 aliphatic heterocycles. The van der Waals surface area contributed by atoms with E-state index in [9.17, 15) is 9.59 Å². The summed E-state index contributed by atoms with van der Waals surface area (Å²) in [6.07, 6.45) is 0.284. The minimum absolute atomic E-state index is 0.122. The lowest BCUT2D eigenvalue weighted by Gasteiger charge is -2.12. The first-order valence-electron chi connectivity index (χ1n) is 9.23. The van der Waals surface area contributed by atoms with Gasteiger partial charge in [0.1, 0.15) is 5.75 Å². The molecule has 0 aliphatic rings. The second kappa shape index (κ2) is 10.4. The summed E-state index contributed by atoms with van der Waals surface area (Å²) < 4.78 is 7.36. The molecule has 0 aromatic heterocycles. The average Bonchev–Trinajstić information content (AvgIpc) is 2.68. The van der Waals surface area contributed by atoms with Crippen molar-refractivity contribution < 1.29 is 14.3 Å². The molecule has 3 aromatic carbocycles. The summed E-state index contributed by atoms with van der Waals surface area (Å²) in [6.45, 7) is 1.77. The van der Waals surface area contributed by atoms with Crippen molar-refractivity contribution in [1.82, 2.24) is 0 Å². The van der Waals surface area contributed by atoms with Gasteiger partial charge in [-0.25, -0.2) is 0 Å². The van der Waals surface area contributed by atoms with Crippen LogP contribution in [-0.2, 0) is 16.0 Å². The van der Waals surface area contributed by atoms with Crippen molar-refractivity contribution in [2.45, 2.75) is 13.3 Å². The zero-order valence-electron chi connectivity index (χ0n) is 16.2. The van der Waals surface area contributed by atoms with Gasteiger partial charge in [-0.3, -0.25) is 9.59 Å². The molecule has 0 radical (unpaired) electrons. The molecule has 5 nitrogen and oxygen atoms in total. The predicted molar refractivity (Wildman–Crippen MR) is 126 cm³/mol. The van der Waals surface area contributed by atoms with E-state index in [0.29, 0.717) is 17.1 Å². The van der Waals surface area contributed by atoms with E-state index in [1.54, 1.807) is 24.3 Å². The molecular weight excluding hydrogens is 512 g/mol. The molecule has 2 N–H and O–H groups in total. The van der Waals surface area contributed by atoms with Crippen LogP contribution in [0.3, 0.4) is 0 Å². The molecule has 0 saturated heterocycles.